The van der Waals surface area contributed by atoms with Crippen LogP contribution in [-0.4, -0.2) is 42.4 Å². The van der Waals surface area contributed by atoms with Gasteiger partial charge in [-0.3, -0.25) is 5.43 Å². The van der Waals surface area contributed by atoms with E-state index in [4.69, 9.17) is 4.74 Å². The molecule has 3 N–H and O–H groups in total. The summed E-state index contributed by atoms with van der Waals surface area (Å²) in [5, 5.41) is 14.1. The topological polar surface area (TPSA) is 73.8 Å². The van der Waals surface area contributed by atoms with E-state index in [0.717, 1.165) is 5.56 Å². The Morgan fingerprint density at radius 2 is 2.16 bits per heavy atom. The van der Waals surface area contributed by atoms with Crippen LogP contribution in [-0.2, 0) is 4.74 Å². The molecule has 0 spiro atoms. The van der Waals surface area contributed by atoms with Gasteiger partial charge in [0.1, 0.15) is 0 Å². The van der Waals surface area contributed by atoms with Crippen LogP contribution in [0.25, 0.3) is 0 Å². The largest absolute Gasteiger partial charge is 0.389 e. The lowest BCUT2D eigenvalue weighted by Gasteiger charge is -2.26. The summed E-state index contributed by atoms with van der Waals surface area (Å²) in [7, 11) is 0. The molecule has 1 fully saturated rings. The highest BCUT2D eigenvalue weighted by molar-refractivity contribution is 5.88. The molecule has 0 aromatic heterocycles. The fourth-order valence-electron chi connectivity index (χ4n) is 1.85. The number of anilines is 1. The smallest absolute Gasteiger partial charge is 0.333 e. The fourth-order valence-corrected chi connectivity index (χ4v) is 1.85. The first-order chi connectivity index (χ1) is 9.15. The molecule has 1 unspecified atom stereocenters. The van der Waals surface area contributed by atoms with Gasteiger partial charge < -0.3 is 15.2 Å². The Balaban J connectivity index is 1.89. The number of nitrogens with one attached hydrogen (secondary N) is 2. The van der Waals surface area contributed by atoms with E-state index in [1.807, 2.05) is 11.1 Å². The predicted octanol–water partition coefficient (Wildman–Crippen LogP) is 1.11. The highest BCUT2D eigenvalue weighted by Crippen LogP contribution is 2.16. The van der Waals surface area contributed by atoms with Gasteiger partial charge in [-0.15, -0.1) is 0 Å². The van der Waals surface area contributed by atoms with E-state index in [0.29, 0.717) is 32.0 Å². The standard InChI is InChI=1S/C13H19N3O3/c1-10(17)11-3-2-4-12(9-11)14-13(18)15-16-5-7-19-8-6-16/h2-4,9-10,17H,5-8H2,1H3,(H2,14,15,18). The second-order valence-corrected chi connectivity index (χ2v) is 4.47. The molecule has 0 aliphatic carbocycles. The van der Waals surface area contributed by atoms with Crippen molar-refractivity contribution in [2.45, 2.75) is 13.0 Å². The number of nitrogens with zero attached hydrogens (tertiary/aromatic N) is 1. The lowest BCUT2D eigenvalue weighted by molar-refractivity contribution is 0.0207. The molecule has 6 heteroatoms. The summed E-state index contributed by atoms with van der Waals surface area (Å²) in [4.78, 5) is 11.8. The van der Waals surface area contributed by atoms with E-state index in [2.05, 4.69) is 10.7 Å². The molecule has 0 saturated carbocycles. The lowest BCUT2D eigenvalue weighted by Crippen LogP contribution is -2.49. The number of urea groups is 1. The number of amides is 2. The Bertz CT molecular complexity index is 431. The van der Waals surface area contributed by atoms with Crippen LogP contribution in [0.3, 0.4) is 0 Å². The SMILES string of the molecule is CC(O)c1cccc(NC(=O)NN2CCOCC2)c1. The molecule has 1 aromatic rings. The summed E-state index contributed by atoms with van der Waals surface area (Å²) in [6, 6.07) is 6.86. The number of hydrazine groups is 1. The number of benzene rings is 1. The Morgan fingerprint density at radius 1 is 1.42 bits per heavy atom. The van der Waals surface area contributed by atoms with Crippen molar-refractivity contribution >= 4 is 11.7 Å². The monoisotopic (exact) mass is 265 g/mol. The first-order valence-electron chi connectivity index (χ1n) is 6.33. The van der Waals surface area contributed by atoms with E-state index in [1.165, 1.54) is 0 Å². The Kier molecular flexibility index (Phi) is 4.73. The zero-order chi connectivity index (χ0) is 13.7. The summed E-state index contributed by atoms with van der Waals surface area (Å²) in [6.07, 6.45) is -0.552. The van der Waals surface area contributed by atoms with Crippen molar-refractivity contribution in [1.29, 1.82) is 0 Å². The molecule has 2 rings (SSSR count). The van der Waals surface area contributed by atoms with E-state index >= 15 is 0 Å². The molecule has 1 aromatic carbocycles. The zero-order valence-corrected chi connectivity index (χ0v) is 10.9. The van der Waals surface area contributed by atoms with Gasteiger partial charge in [-0.25, -0.2) is 9.80 Å². The summed E-state index contributed by atoms with van der Waals surface area (Å²) in [6.45, 7) is 4.30. The number of carbonyl (C=O) groups is 1. The van der Waals surface area contributed by atoms with Crippen molar-refractivity contribution in [2.24, 2.45) is 0 Å². The molecule has 6 nitrogen and oxygen atoms in total. The van der Waals surface area contributed by atoms with Gasteiger partial charge in [0.2, 0.25) is 0 Å². The molecule has 1 aliphatic heterocycles. The second-order valence-electron chi connectivity index (χ2n) is 4.47. The lowest BCUT2D eigenvalue weighted by atomic mass is 10.1. The maximum Gasteiger partial charge on any atom is 0.333 e. The molecule has 1 atom stereocenters. The number of ether oxygens (including phenoxy) is 1. The molecular formula is C13H19N3O3. The molecule has 0 bridgehead atoms. The van der Waals surface area contributed by atoms with Crippen LogP contribution in [0.1, 0.15) is 18.6 Å². The molecule has 1 aliphatic rings. The van der Waals surface area contributed by atoms with E-state index in [9.17, 15) is 9.90 Å². The minimum absolute atomic E-state index is 0.287. The molecule has 2 amide bonds. The minimum atomic E-state index is -0.552. The Morgan fingerprint density at radius 3 is 2.84 bits per heavy atom. The zero-order valence-electron chi connectivity index (χ0n) is 10.9. The molecule has 104 valence electrons. The van der Waals surface area contributed by atoms with Crippen LogP contribution in [0.2, 0.25) is 0 Å². The quantitative estimate of drug-likeness (QED) is 0.765. The normalized spacial score (nSPS) is 17.8. The van der Waals surface area contributed by atoms with Crippen LogP contribution in [0.15, 0.2) is 24.3 Å². The molecule has 1 heterocycles. The first kappa shape index (κ1) is 13.8. The van der Waals surface area contributed by atoms with Gasteiger partial charge in [0.05, 0.1) is 19.3 Å². The number of carbonyl (C=O) groups excluding carboxylic acids is 1. The van der Waals surface area contributed by atoms with Gasteiger partial charge in [-0.05, 0) is 24.6 Å². The minimum Gasteiger partial charge on any atom is -0.389 e. The molecule has 1 saturated heterocycles. The number of aliphatic hydroxyl groups is 1. The van der Waals surface area contributed by atoms with Crippen LogP contribution in [0, 0.1) is 0 Å². The summed E-state index contributed by atoms with van der Waals surface area (Å²) in [5.74, 6) is 0. The number of rotatable bonds is 3. The second kappa shape index (κ2) is 6.51. The number of hydrogen-bond donors (Lipinski definition) is 3. The summed E-state index contributed by atoms with van der Waals surface area (Å²) < 4.78 is 5.20. The van der Waals surface area contributed by atoms with Gasteiger partial charge in [-0.1, -0.05) is 12.1 Å². The van der Waals surface area contributed by atoms with Gasteiger partial charge >= 0.3 is 6.03 Å². The third-order valence-corrected chi connectivity index (χ3v) is 2.90. The van der Waals surface area contributed by atoms with Crippen LogP contribution in [0.5, 0.6) is 0 Å². The number of aliphatic hydroxyl groups excluding tert-OH is 1. The molecule has 19 heavy (non-hydrogen) atoms. The Labute approximate surface area is 112 Å². The van der Waals surface area contributed by atoms with Gasteiger partial charge in [-0.2, -0.15) is 0 Å². The van der Waals surface area contributed by atoms with E-state index in [-0.39, 0.29) is 6.03 Å². The first-order valence-corrected chi connectivity index (χ1v) is 6.33. The fraction of sp³-hybridized carbons (Fsp3) is 0.462. The van der Waals surface area contributed by atoms with Gasteiger partial charge in [0, 0.05) is 18.8 Å². The third kappa shape index (κ3) is 4.20. The highest BCUT2D eigenvalue weighted by atomic mass is 16.5. The molecular weight excluding hydrogens is 246 g/mol. The summed E-state index contributed by atoms with van der Waals surface area (Å²) in [5.41, 5.74) is 4.18. The third-order valence-electron chi connectivity index (χ3n) is 2.90. The number of hydrogen-bond acceptors (Lipinski definition) is 4. The van der Waals surface area contributed by atoms with Crippen LogP contribution >= 0.6 is 0 Å². The van der Waals surface area contributed by atoms with Crippen molar-refractivity contribution in [2.75, 3.05) is 31.6 Å². The maximum atomic E-state index is 11.8. The van der Waals surface area contributed by atoms with Gasteiger partial charge in [0.15, 0.2) is 0 Å². The maximum absolute atomic E-state index is 11.8. The number of morpholine rings is 1. The average Bonchev–Trinajstić information content (AvgIpc) is 2.40. The van der Waals surface area contributed by atoms with Crippen molar-refractivity contribution in [3.8, 4) is 0 Å². The highest BCUT2D eigenvalue weighted by Gasteiger charge is 2.13. The predicted molar refractivity (Wildman–Crippen MR) is 71.6 cm³/mol. The molecule has 0 radical (unpaired) electrons. The summed E-state index contributed by atoms with van der Waals surface area (Å²) >= 11 is 0. The van der Waals surface area contributed by atoms with Crippen LogP contribution < -0.4 is 10.7 Å². The van der Waals surface area contributed by atoms with Gasteiger partial charge in [0.25, 0.3) is 0 Å². The van der Waals surface area contributed by atoms with Crippen molar-refractivity contribution in [3.05, 3.63) is 29.8 Å². The van der Waals surface area contributed by atoms with E-state index < -0.39 is 6.10 Å². The Hall–Kier alpha value is -1.63. The average molecular weight is 265 g/mol. The van der Waals surface area contributed by atoms with E-state index in [1.54, 1.807) is 25.1 Å². The van der Waals surface area contributed by atoms with Crippen molar-refractivity contribution < 1.29 is 14.6 Å². The van der Waals surface area contributed by atoms with Crippen molar-refractivity contribution in [3.63, 3.8) is 0 Å². The van der Waals surface area contributed by atoms with Crippen molar-refractivity contribution in [1.82, 2.24) is 10.4 Å². The van der Waals surface area contributed by atoms with Crippen LogP contribution in [0.4, 0.5) is 10.5 Å².